The Bertz CT molecular complexity index is 779. The molecule has 1 amide bonds. The molecule has 0 aliphatic carbocycles. The molecule has 3 saturated heterocycles. The van der Waals surface area contributed by atoms with Crippen molar-refractivity contribution in [1.82, 2.24) is 13.5 Å². The number of rotatable bonds is 5. The summed E-state index contributed by atoms with van der Waals surface area (Å²) >= 11 is 0. The summed E-state index contributed by atoms with van der Waals surface area (Å²) in [6, 6.07) is 10.1. The highest BCUT2D eigenvalue weighted by atomic mass is 32.2. The lowest BCUT2D eigenvalue weighted by atomic mass is 9.86. The molecule has 0 aromatic heterocycles. The largest absolute Gasteiger partial charge is 0.379 e. The van der Waals surface area contributed by atoms with Crippen LogP contribution in [0.1, 0.15) is 18.4 Å². The van der Waals surface area contributed by atoms with E-state index in [1.807, 2.05) is 23.1 Å². The van der Waals surface area contributed by atoms with Crippen LogP contribution in [-0.4, -0.2) is 80.3 Å². The van der Waals surface area contributed by atoms with E-state index in [0.717, 1.165) is 19.4 Å². The molecule has 0 bridgehead atoms. The standard InChI is InChI=1S/C19H27N3O4S/c23-18-19(7-10-20(18)9-6-17-4-2-1-3-5-17)8-11-22(16-19)27(24,25)21-12-14-26-15-13-21/h1-5H,6-16H2. The lowest BCUT2D eigenvalue weighted by Gasteiger charge is -2.30. The molecule has 7 nitrogen and oxygen atoms in total. The second-order valence-electron chi connectivity index (χ2n) is 7.66. The van der Waals surface area contributed by atoms with E-state index in [-0.39, 0.29) is 5.91 Å². The Morgan fingerprint density at radius 2 is 1.67 bits per heavy atom. The molecule has 1 atom stereocenters. The fourth-order valence-corrected chi connectivity index (χ4v) is 6.03. The lowest BCUT2D eigenvalue weighted by molar-refractivity contribution is -0.135. The number of ether oxygens (including phenoxy) is 1. The number of nitrogens with zero attached hydrogens (tertiary/aromatic N) is 3. The van der Waals surface area contributed by atoms with E-state index in [0.29, 0.717) is 52.4 Å². The Kier molecular flexibility index (Phi) is 5.24. The van der Waals surface area contributed by atoms with Crippen LogP contribution in [-0.2, 0) is 26.2 Å². The molecular formula is C19H27N3O4S. The minimum Gasteiger partial charge on any atom is -0.379 e. The van der Waals surface area contributed by atoms with Crippen molar-refractivity contribution in [2.75, 3.05) is 52.5 Å². The first kappa shape index (κ1) is 18.9. The number of morpholine rings is 1. The monoisotopic (exact) mass is 393 g/mol. The van der Waals surface area contributed by atoms with Gasteiger partial charge in [0.25, 0.3) is 10.2 Å². The average molecular weight is 394 g/mol. The maximum atomic E-state index is 13.1. The van der Waals surface area contributed by atoms with E-state index < -0.39 is 15.6 Å². The van der Waals surface area contributed by atoms with Gasteiger partial charge in [-0.05, 0) is 24.8 Å². The molecule has 27 heavy (non-hydrogen) atoms. The van der Waals surface area contributed by atoms with Crippen molar-refractivity contribution in [3.63, 3.8) is 0 Å². The smallest absolute Gasteiger partial charge is 0.282 e. The van der Waals surface area contributed by atoms with E-state index in [1.165, 1.54) is 14.2 Å². The summed E-state index contributed by atoms with van der Waals surface area (Å²) in [4.78, 5) is 15.0. The Labute approximate surface area is 161 Å². The first-order valence-corrected chi connectivity index (χ1v) is 11.1. The van der Waals surface area contributed by atoms with Crippen molar-refractivity contribution >= 4 is 16.1 Å². The molecule has 0 N–H and O–H groups in total. The molecule has 0 saturated carbocycles. The fourth-order valence-electron chi connectivity index (χ4n) is 4.37. The van der Waals surface area contributed by atoms with Gasteiger partial charge in [-0.15, -0.1) is 0 Å². The third-order valence-electron chi connectivity index (χ3n) is 6.06. The molecule has 3 aliphatic heterocycles. The van der Waals surface area contributed by atoms with E-state index in [1.54, 1.807) is 0 Å². The van der Waals surface area contributed by atoms with Crippen LogP contribution in [0.3, 0.4) is 0 Å². The van der Waals surface area contributed by atoms with Crippen LogP contribution in [0.15, 0.2) is 30.3 Å². The maximum absolute atomic E-state index is 13.1. The second kappa shape index (κ2) is 7.50. The highest BCUT2D eigenvalue weighted by Crippen LogP contribution is 2.42. The zero-order valence-electron chi connectivity index (χ0n) is 15.5. The predicted molar refractivity (Wildman–Crippen MR) is 101 cm³/mol. The van der Waals surface area contributed by atoms with E-state index in [9.17, 15) is 13.2 Å². The molecule has 4 rings (SSSR count). The second-order valence-corrected chi connectivity index (χ2v) is 9.59. The Hall–Kier alpha value is -1.48. The minimum atomic E-state index is -3.51. The minimum absolute atomic E-state index is 0.123. The topological polar surface area (TPSA) is 70.2 Å². The van der Waals surface area contributed by atoms with Crippen LogP contribution < -0.4 is 0 Å². The molecule has 148 valence electrons. The summed E-state index contributed by atoms with van der Waals surface area (Å²) in [6.07, 6.45) is 2.20. The van der Waals surface area contributed by atoms with Crippen LogP contribution >= 0.6 is 0 Å². The van der Waals surface area contributed by atoms with Crippen LogP contribution in [0, 0.1) is 5.41 Å². The molecule has 3 aliphatic rings. The fraction of sp³-hybridized carbons (Fsp3) is 0.632. The summed E-state index contributed by atoms with van der Waals surface area (Å²) in [7, 11) is -3.51. The molecule has 1 spiro atoms. The molecule has 1 aromatic rings. The Balaban J connectivity index is 1.39. The van der Waals surface area contributed by atoms with E-state index in [2.05, 4.69) is 12.1 Å². The van der Waals surface area contributed by atoms with Gasteiger partial charge in [-0.1, -0.05) is 30.3 Å². The van der Waals surface area contributed by atoms with Gasteiger partial charge >= 0.3 is 0 Å². The summed E-state index contributed by atoms with van der Waals surface area (Å²) in [6.45, 7) is 3.81. The van der Waals surface area contributed by atoms with Gasteiger partial charge in [0, 0.05) is 39.3 Å². The van der Waals surface area contributed by atoms with Crippen LogP contribution in [0.25, 0.3) is 0 Å². The van der Waals surface area contributed by atoms with Gasteiger partial charge in [-0.3, -0.25) is 4.79 Å². The van der Waals surface area contributed by atoms with Crippen molar-refractivity contribution < 1.29 is 17.9 Å². The summed E-state index contributed by atoms with van der Waals surface area (Å²) < 4.78 is 34.1. The van der Waals surface area contributed by atoms with Gasteiger partial charge in [0.15, 0.2) is 0 Å². The van der Waals surface area contributed by atoms with Gasteiger partial charge < -0.3 is 9.64 Å². The zero-order valence-corrected chi connectivity index (χ0v) is 16.4. The van der Waals surface area contributed by atoms with Gasteiger partial charge in [0.1, 0.15) is 0 Å². The van der Waals surface area contributed by atoms with Gasteiger partial charge in [-0.25, -0.2) is 0 Å². The van der Waals surface area contributed by atoms with Crippen LogP contribution in [0.5, 0.6) is 0 Å². The van der Waals surface area contributed by atoms with Crippen molar-refractivity contribution in [3.05, 3.63) is 35.9 Å². The zero-order chi connectivity index (χ0) is 18.9. The molecule has 1 unspecified atom stereocenters. The predicted octanol–water partition coefficient (Wildman–Crippen LogP) is 0.731. The van der Waals surface area contributed by atoms with Crippen molar-refractivity contribution in [1.29, 1.82) is 0 Å². The number of likely N-dealkylation sites (tertiary alicyclic amines) is 1. The third kappa shape index (κ3) is 3.63. The average Bonchev–Trinajstić information content (AvgIpc) is 3.28. The summed E-state index contributed by atoms with van der Waals surface area (Å²) in [5, 5.41) is 0. The first-order valence-electron chi connectivity index (χ1n) is 9.68. The molecule has 0 radical (unpaired) electrons. The van der Waals surface area contributed by atoms with Crippen LogP contribution in [0.2, 0.25) is 0 Å². The molecule has 3 heterocycles. The summed E-state index contributed by atoms with van der Waals surface area (Å²) in [5.74, 6) is 0.123. The molecule has 8 heteroatoms. The van der Waals surface area contributed by atoms with Gasteiger partial charge in [0.2, 0.25) is 5.91 Å². The highest BCUT2D eigenvalue weighted by Gasteiger charge is 2.53. The normalized spacial score (nSPS) is 27.7. The van der Waals surface area contributed by atoms with Gasteiger partial charge in [-0.2, -0.15) is 17.0 Å². The van der Waals surface area contributed by atoms with Crippen molar-refractivity contribution in [2.24, 2.45) is 5.41 Å². The molecule has 1 aromatic carbocycles. The van der Waals surface area contributed by atoms with E-state index >= 15 is 0 Å². The number of benzene rings is 1. The van der Waals surface area contributed by atoms with Crippen molar-refractivity contribution in [3.8, 4) is 0 Å². The number of hydrogen-bond donors (Lipinski definition) is 0. The summed E-state index contributed by atoms with van der Waals surface area (Å²) in [5.41, 5.74) is 0.685. The number of amides is 1. The lowest BCUT2D eigenvalue weighted by Crippen LogP contribution is -2.48. The number of carbonyl (C=O) groups excluding carboxylic acids is 1. The van der Waals surface area contributed by atoms with Crippen molar-refractivity contribution in [2.45, 2.75) is 19.3 Å². The molecule has 3 fully saturated rings. The SMILES string of the molecule is O=C1N(CCc2ccccc2)CCC12CCN(S(=O)(=O)N1CCOCC1)C2. The highest BCUT2D eigenvalue weighted by molar-refractivity contribution is 7.86. The third-order valence-corrected chi connectivity index (χ3v) is 8.04. The molecular weight excluding hydrogens is 366 g/mol. The quantitative estimate of drug-likeness (QED) is 0.740. The number of carbonyl (C=O) groups is 1. The maximum Gasteiger partial charge on any atom is 0.282 e. The van der Waals surface area contributed by atoms with Gasteiger partial charge in [0.05, 0.1) is 18.6 Å². The Morgan fingerprint density at radius 3 is 2.41 bits per heavy atom. The van der Waals surface area contributed by atoms with E-state index in [4.69, 9.17) is 4.74 Å². The Morgan fingerprint density at radius 1 is 0.963 bits per heavy atom. The van der Waals surface area contributed by atoms with Crippen LogP contribution in [0.4, 0.5) is 0 Å². The first-order chi connectivity index (χ1) is 13.0. The number of hydrogen-bond acceptors (Lipinski definition) is 4.